The van der Waals surface area contributed by atoms with E-state index in [-0.39, 0.29) is 10.6 Å². The third kappa shape index (κ3) is 2.73. The van der Waals surface area contributed by atoms with Crippen LogP contribution in [-0.2, 0) is 9.84 Å². The summed E-state index contributed by atoms with van der Waals surface area (Å²) in [5.74, 6) is 1.49. The molecule has 17 heavy (non-hydrogen) atoms. The fraction of sp³-hybridized carbons (Fsp3) is 0.200. The van der Waals surface area contributed by atoms with Gasteiger partial charge < -0.3 is 4.74 Å². The first kappa shape index (κ1) is 13.0. The maximum absolute atomic E-state index is 11.6. The van der Waals surface area contributed by atoms with Gasteiger partial charge in [0, 0.05) is 6.07 Å². The van der Waals surface area contributed by atoms with Gasteiger partial charge in [0.1, 0.15) is 5.75 Å². The zero-order valence-electron chi connectivity index (χ0n) is 8.91. The van der Waals surface area contributed by atoms with Crippen LogP contribution in [-0.4, -0.2) is 26.2 Å². The number of nitro benzene ring substituents is 1. The number of sulfone groups is 1. The molecule has 6 nitrogen and oxygen atoms in total. The zero-order valence-corrected chi connectivity index (χ0v) is 9.73. The lowest BCUT2D eigenvalue weighted by molar-refractivity contribution is -0.386. The molecule has 0 spiro atoms. The molecule has 0 saturated heterocycles. The standard InChI is InChI=1S/C10H9NO5S/c1-3-6-17(14,15)8-4-5-10(16-2)9(7-8)11(12)13/h1,4-5,7H,6H2,2H3. The summed E-state index contributed by atoms with van der Waals surface area (Å²) in [7, 11) is -2.43. The first-order valence-electron chi connectivity index (χ1n) is 4.41. The lowest BCUT2D eigenvalue weighted by atomic mass is 10.3. The molecule has 0 saturated carbocycles. The number of nitro groups is 1. The third-order valence-electron chi connectivity index (χ3n) is 1.98. The molecule has 0 aliphatic carbocycles. The summed E-state index contributed by atoms with van der Waals surface area (Å²) in [6, 6.07) is 3.38. The van der Waals surface area contributed by atoms with Crippen LogP contribution in [0.3, 0.4) is 0 Å². The maximum Gasteiger partial charge on any atom is 0.312 e. The van der Waals surface area contributed by atoms with Crippen molar-refractivity contribution < 1.29 is 18.1 Å². The number of nitrogens with zero attached hydrogens (tertiary/aromatic N) is 1. The monoisotopic (exact) mass is 255 g/mol. The van der Waals surface area contributed by atoms with Crippen LogP contribution in [0.1, 0.15) is 0 Å². The van der Waals surface area contributed by atoms with Crippen LogP contribution in [0.5, 0.6) is 5.75 Å². The first-order chi connectivity index (χ1) is 7.92. The molecule has 1 aromatic rings. The normalized spacial score (nSPS) is 10.6. The average molecular weight is 255 g/mol. The lowest BCUT2D eigenvalue weighted by Crippen LogP contribution is -2.06. The van der Waals surface area contributed by atoms with E-state index in [9.17, 15) is 18.5 Å². The maximum atomic E-state index is 11.6. The molecule has 0 atom stereocenters. The number of ether oxygens (including phenoxy) is 1. The Morgan fingerprint density at radius 2 is 2.18 bits per heavy atom. The highest BCUT2D eigenvalue weighted by Gasteiger charge is 2.21. The van der Waals surface area contributed by atoms with Crippen molar-refractivity contribution in [3.8, 4) is 18.1 Å². The van der Waals surface area contributed by atoms with Gasteiger partial charge in [-0.1, -0.05) is 5.92 Å². The molecule has 0 N–H and O–H groups in total. The van der Waals surface area contributed by atoms with Crippen molar-refractivity contribution >= 4 is 15.5 Å². The van der Waals surface area contributed by atoms with E-state index < -0.39 is 26.2 Å². The number of terminal acetylenes is 1. The minimum atomic E-state index is -3.69. The first-order valence-corrected chi connectivity index (χ1v) is 6.06. The molecule has 1 rings (SSSR count). The van der Waals surface area contributed by atoms with Crippen LogP contribution in [0.4, 0.5) is 5.69 Å². The molecule has 0 radical (unpaired) electrons. The summed E-state index contributed by atoms with van der Waals surface area (Å²) in [5, 5.41) is 10.7. The molecule has 0 fully saturated rings. The van der Waals surface area contributed by atoms with E-state index in [0.717, 1.165) is 6.07 Å². The highest BCUT2D eigenvalue weighted by Crippen LogP contribution is 2.29. The smallest absolute Gasteiger partial charge is 0.312 e. The second-order valence-electron chi connectivity index (χ2n) is 3.05. The van der Waals surface area contributed by atoms with Crippen molar-refractivity contribution in [2.75, 3.05) is 12.9 Å². The quantitative estimate of drug-likeness (QED) is 0.455. The van der Waals surface area contributed by atoms with Gasteiger partial charge in [-0.05, 0) is 12.1 Å². The average Bonchev–Trinajstić information content (AvgIpc) is 2.28. The van der Waals surface area contributed by atoms with Crippen molar-refractivity contribution in [3.63, 3.8) is 0 Å². The number of benzene rings is 1. The Bertz CT molecular complexity index is 585. The van der Waals surface area contributed by atoms with Crippen LogP contribution in [0.2, 0.25) is 0 Å². The fourth-order valence-electron chi connectivity index (χ4n) is 1.20. The van der Waals surface area contributed by atoms with Crippen molar-refractivity contribution in [1.29, 1.82) is 0 Å². The SMILES string of the molecule is C#CCS(=O)(=O)c1ccc(OC)c([N+](=O)[O-])c1. The Morgan fingerprint density at radius 1 is 1.53 bits per heavy atom. The largest absolute Gasteiger partial charge is 0.490 e. The highest BCUT2D eigenvalue weighted by molar-refractivity contribution is 7.91. The van der Waals surface area contributed by atoms with Crippen LogP contribution >= 0.6 is 0 Å². The number of rotatable bonds is 4. The number of methoxy groups -OCH3 is 1. The van der Waals surface area contributed by atoms with Gasteiger partial charge in [0.25, 0.3) is 0 Å². The van der Waals surface area contributed by atoms with Gasteiger partial charge in [0.15, 0.2) is 15.6 Å². The van der Waals surface area contributed by atoms with Crippen molar-refractivity contribution in [2.24, 2.45) is 0 Å². The fourth-order valence-corrected chi connectivity index (χ4v) is 2.15. The lowest BCUT2D eigenvalue weighted by Gasteiger charge is -2.04. The summed E-state index contributed by atoms with van der Waals surface area (Å²) in [6.45, 7) is 0. The number of hydrogen-bond acceptors (Lipinski definition) is 5. The van der Waals surface area contributed by atoms with E-state index >= 15 is 0 Å². The van der Waals surface area contributed by atoms with Gasteiger partial charge in [-0.3, -0.25) is 10.1 Å². The van der Waals surface area contributed by atoms with Gasteiger partial charge in [0.2, 0.25) is 0 Å². The minimum Gasteiger partial charge on any atom is -0.490 e. The summed E-state index contributed by atoms with van der Waals surface area (Å²) in [6.07, 6.45) is 4.92. The molecule has 0 aliphatic heterocycles. The molecular weight excluding hydrogens is 246 g/mol. The van der Waals surface area contributed by atoms with E-state index in [0.29, 0.717) is 0 Å². The Kier molecular flexibility index (Phi) is 3.70. The highest BCUT2D eigenvalue weighted by atomic mass is 32.2. The molecule has 0 amide bonds. The summed E-state index contributed by atoms with van der Waals surface area (Å²) < 4.78 is 28.0. The second kappa shape index (κ2) is 4.84. The molecule has 0 heterocycles. The van der Waals surface area contributed by atoms with E-state index in [4.69, 9.17) is 11.2 Å². The molecule has 0 aromatic heterocycles. The van der Waals surface area contributed by atoms with Gasteiger partial charge in [-0.15, -0.1) is 6.42 Å². The predicted molar refractivity (Wildman–Crippen MR) is 60.5 cm³/mol. The van der Waals surface area contributed by atoms with Gasteiger partial charge >= 0.3 is 5.69 Å². The summed E-state index contributed by atoms with van der Waals surface area (Å²) >= 11 is 0. The van der Waals surface area contributed by atoms with E-state index in [1.807, 2.05) is 5.92 Å². The van der Waals surface area contributed by atoms with Crippen LogP contribution in [0.25, 0.3) is 0 Å². The third-order valence-corrected chi connectivity index (χ3v) is 3.50. The molecular formula is C10H9NO5S. The molecule has 90 valence electrons. The van der Waals surface area contributed by atoms with Crippen LogP contribution in [0, 0.1) is 22.5 Å². The Balaban J connectivity index is 3.37. The molecule has 7 heteroatoms. The second-order valence-corrected chi connectivity index (χ2v) is 5.04. The van der Waals surface area contributed by atoms with Crippen molar-refractivity contribution in [2.45, 2.75) is 4.90 Å². The zero-order chi connectivity index (χ0) is 13.1. The molecule has 1 aromatic carbocycles. The Labute approximate surface area is 98.3 Å². The molecule has 0 aliphatic rings. The van der Waals surface area contributed by atoms with E-state index in [1.54, 1.807) is 0 Å². The Morgan fingerprint density at radius 3 is 2.65 bits per heavy atom. The Hall–Kier alpha value is -2.07. The van der Waals surface area contributed by atoms with Crippen molar-refractivity contribution in [3.05, 3.63) is 28.3 Å². The van der Waals surface area contributed by atoms with Crippen LogP contribution < -0.4 is 4.74 Å². The van der Waals surface area contributed by atoms with Gasteiger partial charge in [0.05, 0.1) is 16.9 Å². The van der Waals surface area contributed by atoms with Crippen molar-refractivity contribution in [1.82, 2.24) is 0 Å². The predicted octanol–water partition coefficient (Wildman–Crippen LogP) is 1.01. The minimum absolute atomic E-state index is 0.00495. The van der Waals surface area contributed by atoms with Crippen LogP contribution in [0.15, 0.2) is 23.1 Å². The van der Waals surface area contributed by atoms with Gasteiger partial charge in [-0.2, -0.15) is 0 Å². The molecule has 0 unspecified atom stereocenters. The summed E-state index contributed by atoms with van der Waals surface area (Å²) in [4.78, 5) is 9.80. The van der Waals surface area contributed by atoms with Gasteiger partial charge in [-0.25, -0.2) is 8.42 Å². The van der Waals surface area contributed by atoms with E-state index in [1.165, 1.54) is 19.2 Å². The molecule has 0 bridgehead atoms. The van der Waals surface area contributed by atoms with E-state index in [2.05, 4.69) is 0 Å². The number of hydrogen-bond donors (Lipinski definition) is 0. The summed E-state index contributed by atoms with van der Waals surface area (Å²) in [5.41, 5.74) is -0.411. The topological polar surface area (TPSA) is 86.5 Å².